The normalized spacial score (nSPS) is 12.5. The number of carbonyl (C=O) groups is 2. The van der Waals surface area contributed by atoms with E-state index in [-0.39, 0.29) is 12.5 Å². The molecule has 0 aliphatic carbocycles. The molecule has 2 N–H and O–H groups in total. The van der Waals surface area contributed by atoms with Crippen molar-refractivity contribution in [1.29, 1.82) is 0 Å². The van der Waals surface area contributed by atoms with Crippen LogP contribution in [0.2, 0.25) is 0 Å². The Bertz CT molecular complexity index is 219. The van der Waals surface area contributed by atoms with Crippen molar-refractivity contribution in [3.8, 4) is 0 Å². The molecule has 0 saturated carbocycles. The maximum atomic E-state index is 11.1. The summed E-state index contributed by atoms with van der Waals surface area (Å²) in [5, 5.41) is 11.3. The number of rotatable bonds is 7. The number of carboxylic acids is 1. The van der Waals surface area contributed by atoms with Crippen molar-refractivity contribution in [2.24, 2.45) is 5.92 Å². The van der Waals surface area contributed by atoms with Crippen LogP contribution in [0.3, 0.4) is 0 Å². The molecule has 0 aromatic heterocycles. The topological polar surface area (TPSA) is 69.6 Å². The molecule has 0 aromatic rings. The summed E-state index contributed by atoms with van der Waals surface area (Å²) in [7, 11) is 1.58. The molecule has 0 heterocycles. The molecule has 0 fully saturated rings. The Morgan fingerprint density at radius 2 is 2.07 bits per heavy atom. The number of hydrogen-bond acceptors (Lipinski definition) is 3. The van der Waals surface area contributed by atoms with E-state index < -0.39 is 11.9 Å². The SMILES string of the molecule is CCCN(CC(=O)NC)CC(C)C(=O)O. The van der Waals surface area contributed by atoms with Crippen LogP contribution in [0, 0.1) is 5.92 Å². The van der Waals surface area contributed by atoms with E-state index in [4.69, 9.17) is 5.11 Å². The molecule has 1 unspecified atom stereocenters. The molecular formula is C10H20N2O3. The third kappa shape index (κ3) is 6.06. The van der Waals surface area contributed by atoms with Crippen LogP contribution in [-0.2, 0) is 9.59 Å². The summed E-state index contributed by atoms with van der Waals surface area (Å²) in [4.78, 5) is 23.7. The van der Waals surface area contributed by atoms with Crippen LogP contribution < -0.4 is 5.32 Å². The summed E-state index contributed by atoms with van der Waals surface area (Å²) < 4.78 is 0. The van der Waals surface area contributed by atoms with Gasteiger partial charge in [0.25, 0.3) is 0 Å². The van der Waals surface area contributed by atoms with Crippen LogP contribution in [-0.4, -0.2) is 48.6 Å². The highest BCUT2D eigenvalue weighted by molar-refractivity contribution is 5.77. The molecule has 1 atom stereocenters. The molecular weight excluding hydrogens is 196 g/mol. The molecule has 88 valence electrons. The van der Waals surface area contributed by atoms with Gasteiger partial charge in [0.1, 0.15) is 0 Å². The second kappa shape index (κ2) is 7.23. The number of aliphatic carboxylic acids is 1. The van der Waals surface area contributed by atoms with Gasteiger partial charge < -0.3 is 10.4 Å². The van der Waals surface area contributed by atoms with Crippen molar-refractivity contribution >= 4 is 11.9 Å². The van der Waals surface area contributed by atoms with Crippen molar-refractivity contribution < 1.29 is 14.7 Å². The fourth-order valence-corrected chi connectivity index (χ4v) is 1.30. The van der Waals surface area contributed by atoms with Gasteiger partial charge in [-0.05, 0) is 13.0 Å². The largest absolute Gasteiger partial charge is 0.481 e. The van der Waals surface area contributed by atoms with E-state index in [1.54, 1.807) is 14.0 Å². The lowest BCUT2D eigenvalue weighted by atomic mass is 10.1. The number of nitrogens with zero attached hydrogens (tertiary/aromatic N) is 1. The van der Waals surface area contributed by atoms with Crippen molar-refractivity contribution in [2.75, 3.05) is 26.7 Å². The summed E-state index contributed by atoms with van der Waals surface area (Å²) in [5.74, 6) is -1.35. The highest BCUT2D eigenvalue weighted by Gasteiger charge is 2.17. The van der Waals surface area contributed by atoms with E-state index >= 15 is 0 Å². The first-order valence-electron chi connectivity index (χ1n) is 5.17. The van der Waals surface area contributed by atoms with E-state index in [9.17, 15) is 9.59 Å². The van der Waals surface area contributed by atoms with Crippen molar-refractivity contribution in [3.05, 3.63) is 0 Å². The maximum absolute atomic E-state index is 11.1. The number of amides is 1. The minimum atomic E-state index is -0.826. The van der Waals surface area contributed by atoms with Gasteiger partial charge in [0, 0.05) is 13.6 Å². The number of carbonyl (C=O) groups excluding carboxylic acids is 1. The fourth-order valence-electron chi connectivity index (χ4n) is 1.30. The first-order valence-corrected chi connectivity index (χ1v) is 5.17. The minimum absolute atomic E-state index is 0.0824. The van der Waals surface area contributed by atoms with Crippen LogP contribution in [0.1, 0.15) is 20.3 Å². The first-order chi connectivity index (χ1) is 7.01. The number of likely N-dealkylation sites (N-methyl/N-ethyl adjacent to an activating group) is 1. The lowest BCUT2D eigenvalue weighted by Gasteiger charge is -2.22. The van der Waals surface area contributed by atoms with Gasteiger partial charge in [-0.1, -0.05) is 13.8 Å². The highest BCUT2D eigenvalue weighted by atomic mass is 16.4. The molecule has 0 bridgehead atoms. The average Bonchev–Trinajstić information content (AvgIpc) is 2.17. The Kier molecular flexibility index (Phi) is 6.70. The van der Waals surface area contributed by atoms with Crippen molar-refractivity contribution in [2.45, 2.75) is 20.3 Å². The van der Waals surface area contributed by atoms with Crippen LogP contribution >= 0.6 is 0 Å². The molecule has 0 spiro atoms. The molecule has 1 amide bonds. The van der Waals surface area contributed by atoms with E-state index in [1.165, 1.54) is 0 Å². The smallest absolute Gasteiger partial charge is 0.307 e. The molecule has 0 aliphatic heterocycles. The van der Waals surface area contributed by atoms with Crippen LogP contribution in [0.5, 0.6) is 0 Å². The average molecular weight is 216 g/mol. The molecule has 0 radical (unpaired) electrons. The molecule has 15 heavy (non-hydrogen) atoms. The maximum Gasteiger partial charge on any atom is 0.307 e. The molecule has 0 aromatic carbocycles. The zero-order chi connectivity index (χ0) is 11.8. The molecule has 5 nitrogen and oxygen atoms in total. The molecule has 5 heteroatoms. The number of carboxylic acid groups (broad SMARTS) is 1. The zero-order valence-corrected chi connectivity index (χ0v) is 9.62. The quantitative estimate of drug-likeness (QED) is 0.636. The lowest BCUT2D eigenvalue weighted by molar-refractivity contribution is -0.142. The second-order valence-electron chi connectivity index (χ2n) is 3.65. The summed E-state index contributed by atoms with van der Waals surface area (Å²) in [6.45, 7) is 5.07. The van der Waals surface area contributed by atoms with Gasteiger partial charge >= 0.3 is 5.97 Å². The summed E-state index contributed by atoms with van der Waals surface area (Å²) >= 11 is 0. The first kappa shape index (κ1) is 13.9. The van der Waals surface area contributed by atoms with Crippen LogP contribution in [0.4, 0.5) is 0 Å². The molecule has 0 aliphatic rings. The third-order valence-electron chi connectivity index (χ3n) is 2.14. The van der Waals surface area contributed by atoms with Gasteiger partial charge in [-0.15, -0.1) is 0 Å². The van der Waals surface area contributed by atoms with Gasteiger partial charge in [0.05, 0.1) is 12.5 Å². The predicted molar refractivity (Wildman–Crippen MR) is 57.6 cm³/mol. The van der Waals surface area contributed by atoms with E-state index in [1.807, 2.05) is 11.8 Å². The number of nitrogens with one attached hydrogen (secondary N) is 1. The van der Waals surface area contributed by atoms with Gasteiger partial charge in [-0.3, -0.25) is 14.5 Å². The van der Waals surface area contributed by atoms with Gasteiger partial charge in [-0.25, -0.2) is 0 Å². The Morgan fingerprint density at radius 3 is 2.47 bits per heavy atom. The van der Waals surface area contributed by atoms with Crippen molar-refractivity contribution in [3.63, 3.8) is 0 Å². The van der Waals surface area contributed by atoms with Crippen LogP contribution in [0.15, 0.2) is 0 Å². The number of hydrogen-bond donors (Lipinski definition) is 2. The standard InChI is InChI=1S/C10H20N2O3/c1-4-5-12(7-9(13)11-3)6-8(2)10(14)15/h8H,4-7H2,1-3H3,(H,11,13)(H,14,15). The van der Waals surface area contributed by atoms with Crippen LogP contribution in [0.25, 0.3) is 0 Å². The Morgan fingerprint density at radius 1 is 1.47 bits per heavy atom. The lowest BCUT2D eigenvalue weighted by Crippen LogP contribution is -2.39. The monoisotopic (exact) mass is 216 g/mol. The van der Waals surface area contributed by atoms with Crippen molar-refractivity contribution in [1.82, 2.24) is 10.2 Å². The van der Waals surface area contributed by atoms with Gasteiger partial charge in [0.2, 0.25) is 5.91 Å². The molecule has 0 saturated heterocycles. The molecule has 0 rings (SSSR count). The summed E-state index contributed by atoms with van der Waals surface area (Å²) in [6, 6.07) is 0. The Hall–Kier alpha value is -1.10. The fraction of sp³-hybridized carbons (Fsp3) is 0.800. The van der Waals surface area contributed by atoms with Gasteiger partial charge in [-0.2, -0.15) is 0 Å². The Balaban J connectivity index is 4.14. The summed E-state index contributed by atoms with van der Waals surface area (Å²) in [6.07, 6.45) is 0.906. The van der Waals surface area contributed by atoms with Gasteiger partial charge in [0.15, 0.2) is 0 Å². The van der Waals surface area contributed by atoms with E-state index in [2.05, 4.69) is 5.32 Å². The second-order valence-corrected chi connectivity index (χ2v) is 3.65. The van der Waals surface area contributed by atoms with E-state index in [0.29, 0.717) is 6.54 Å². The van der Waals surface area contributed by atoms with E-state index in [0.717, 1.165) is 13.0 Å². The highest BCUT2D eigenvalue weighted by Crippen LogP contribution is 2.01. The predicted octanol–water partition coefficient (Wildman–Crippen LogP) is 0.165. The summed E-state index contributed by atoms with van der Waals surface area (Å²) in [5.41, 5.74) is 0. The minimum Gasteiger partial charge on any atom is -0.481 e. The zero-order valence-electron chi connectivity index (χ0n) is 9.62. The Labute approximate surface area is 90.5 Å². The third-order valence-corrected chi connectivity index (χ3v) is 2.14.